The van der Waals surface area contributed by atoms with E-state index in [9.17, 15) is 14.9 Å². The van der Waals surface area contributed by atoms with Crippen LogP contribution < -0.4 is 4.90 Å². The third kappa shape index (κ3) is 4.33. The molecule has 0 radical (unpaired) electrons. The summed E-state index contributed by atoms with van der Waals surface area (Å²) >= 11 is 0. The Morgan fingerprint density at radius 3 is 2.88 bits per heavy atom. The number of amides is 1. The number of nitro groups is 1. The van der Waals surface area contributed by atoms with Crippen molar-refractivity contribution in [2.75, 3.05) is 25.0 Å². The van der Waals surface area contributed by atoms with Crippen molar-refractivity contribution in [1.82, 2.24) is 9.88 Å². The van der Waals surface area contributed by atoms with Crippen LogP contribution in [0.1, 0.15) is 33.6 Å². The fraction of sp³-hybridized carbons (Fsp3) is 0.625. The minimum absolute atomic E-state index is 0.0400. The number of hydrogen-bond acceptors (Lipinski definition) is 6. The van der Waals surface area contributed by atoms with E-state index in [1.165, 1.54) is 18.3 Å². The number of nitrogens with zero attached hydrogens (tertiary/aromatic N) is 4. The summed E-state index contributed by atoms with van der Waals surface area (Å²) in [5.74, 6) is 0.304. The van der Waals surface area contributed by atoms with E-state index in [1.807, 2.05) is 20.8 Å². The number of anilines is 1. The highest BCUT2D eigenvalue weighted by molar-refractivity contribution is 5.69. The first-order valence-electron chi connectivity index (χ1n) is 7.99. The van der Waals surface area contributed by atoms with Crippen LogP contribution in [0.15, 0.2) is 18.3 Å². The molecule has 0 saturated carbocycles. The van der Waals surface area contributed by atoms with Crippen molar-refractivity contribution in [2.24, 2.45) is 0 Å². The van der Waals surface area contributed by atoms with Gasteiger partial charge in [0, 0.05) is 32.4 Å². The van der Waals surface area contributed by atoms with E-state index in [0.717, 1.165) is 12.8 Å². The van der Waals surface area contributed by atoms with Gasteiger partial charge in [-0.3, -0.25) is 10.1 Å². The Morgan fingerprint density at radius 1 is 1.54 bits per heavy atom. The summed E-state index contributed by atoms with van der Waals surface area (Å²) in [6.45, 7) is 6.60. The second kappa shape index (κ2) is 7.02. The second-order valence-corrected chi connectivity index (χ2v) is 6.95. The fourth-order valence-corrected chi connectivity index (χ4v) is 2.81. The monoisotopic (exact) mass is 336 g/mol. The van der Waals surface area contributed by atoms with Crippen molar-refractivity contribution in [3.05, 3.63) is 28.4 Å². The van der Waals surface area contributed by atoms with Gasteiger partial charge in [0.15, 0.2) is 0 Å². The van der Waals surface area contributed by atoms with Crippen LogP contribution in [0.5, 0.6) is 0 Å². The van der Waals surface area contributed by atoms with Gasteiger partial charge in [-0.25, -0.2) is 9.78 Å². The number of rotatable bonds is 4. The Labute approximate surface area is 141 Å². The van der Waals surface area contributed by atoms with Gasteiger partial charge >= 0.3 is 11.8 Å². The first-order chi connectivity index (χ1) is 11.2. The molecule has 0 N–H and O–H groups in total. The largest absolute Gasteiger partial charge is 0.444 e. The third-order valence-corrected chi connectivity index (χ3v) is 3.81. The number of carbonyl (C=O) groups excluding carboxylic acids is 1. The molecule has 1 amide bonds. The summed E-state index contributed by atoms with van der Waals surface area (Å²) < 4.78 is 5.45. The summed E-state index contributed by atoms with van der Waals surface area (Å²) in [4.78, 5) is 30.6. The molecule has 0 spiro atoms. The highest BCUT2D eigenvalue weighted by Gasteiger charge is 2.33. The minimum Gasteiger partial charge on any atom is -0.444 e. The second-order valence-electron chi connectivity index (χ2n) is 6.95. The average Bonchev–Trinajstić information content (AvgIpc) is 2.93. The molecule has 1 aromatic rings. The zero-order chi connectivity index (χ0) is 17.9. The lowest BCUT2D eigenvalue weighted by atomic mass is 10.2. The number of ether oxygens (including phenoxy) is 1. The van der Waals surface area contributed by atoms with Crippen LogP contribution in [0.3, 0.4) is 0 Å². The molecule has 0 aromatic carbocycles. The summed E-state index contributed by atoms with van der Waals surface area (Å²) in [6, 6.07) is 2.92. The molecule has 1 aromatic heterocycles. The summed E-state index contributed by atoms with van der Waals surface area (Å²) in [6.07, 6.45) is 2.92. The van der Waals surface area contributed by atoms with Crippen LogP contribution in [0.2, 0.25) is 0 Å². The van der Waals surface area contributed by atoms with E-state index in [-0.39, 0.29) is 17.8 Å². The predicted molar refractivity (Wildman–Crippen MR) is 90.1 cm³/mol. The van der Waals surface area contributed by atoms with E-state index in [1.54, 1.807) is 16.8 Å². The normalized spacial score (nSPS) is 17.7. The summed E-state index contributed by atoms with van der Waals surface area (Å²) in [5.41, 5.74) is -0.586. The van der Waals surface area contributed by atoms with Crippen LogP contribution in [0, 0.1) is 10.1 Å². The molecule has 1 fully saturated rings. The zero-order valence-electron chi connectivity index (χ0n) is 14.6. The molecule has 8 heteroatoms. The molecule has 0 aliphatic carbocycles. The van der Waals surface area contributed by atoms with Crippen LogP contribution in [0.25, 0.3) is 0 Å². The van der Waals surface area contributed by atoms with E-state index < -0.39 is 10.5 Å². The molecule has 0 unspecified atom stereocenters. The quantitative estimate of drug-likeness (QED) is 0.620. The van der Waals surface area contributed by atoms with Crippen molar-refractivity contribution >= 4 is 17.6 Å². The smallest absolute Gasteiger partial charge is 0.410 e. The van der Waals surface area contributed by atoms with Crippen LogP contribution in [0.4, 0.5) is 16.3 Å². The van der Waals surface area contributed by atoms with Gasteiger partial charge in [0.1, 0.15) is 5.60 Å². The van der Waals surface area contributed by atoms with E-state index in [0.29, 0.717) is 18.9 Å². The Morgan fingerprint density at radius 2 is 2.25 bits per heavy atom. The average molecular weight is 336 g/mol. The maximum atomic E-state index is 12.3. The minimum atomic E-state index is -0.546. The molecule has 1 aliphatic heterocycles. The van der Waals surface area contributed by atoms with Gasteiger partial charge in [0.05, 0.1) is 11.0 Å². The van der Waals surface area contributed by atoms with E-state index in [4.69, 9.17) is 4.74 Å². The topological polar surface area (TPSA) is 88.8 Å². The Kier molecular flexibility index (Phi) is 5.26. The van der Waals surface area contributed by atoms with Gasteiger partial charge in [-0.2, -0.15) is 0 Å². The number of hydrogen-bond donors (Lipinski definition) is 0. The summed E-state index contributed by atoms with van der Waals surface area (Å²) in [5, 5.41) is 11.1. The molecular weight excluding hydrogens is 312 g/mol. The third-order valence-electron chi connectivity index (χ3n) is 3.81. The Hall–Kier alpha value is -2.38. The van der Waals surface area contributed by atoms with Crippen LogP contribution in [-0.2, 0) is 4.74 Å². The Balaban J connectivity index is 2.09. The number of pyridine rings is 1. The molecule has 8 nitrogen and oxygen atoms in total. The standard InChI is InChI=1S/C16H24N4O4/c1-16(2,3)24-15(21)19-10-6-7-12(19)11-18(4)14-13(20(22)23)8-5-9-17-14/h5,8-9,12H,6-7,10-11H2,1-4H3/t12-/m1/s1. The maximum absolute atomic E-state index is 12.3. The van der Waals surface area contributed by atoms with Gasteiger partial charge in [-0.1, -0.05) is 0 Å². The van der Waals surface area contributed by atoms with Gasteiger partial charge in [0.2, 0.25) is 5.82 Å². The molecule has 2 rings (SSSR count). The highest BCUT2D eigenvalue weighted by Crippen LogP contribution is 2.27. The van der Waals surface area contributed by atoms with Gasteiger partial charge < -0.3 is 14.5 Å². The highest BCUT2D eigenvalue weighted by atomic mass is 16.6. The van der Waals surface area contributed by atoms with E-state index in [2.05, 4.69) is 4.98 Å². The van der Waals surface area contributed by atoms with E-state index >= 15 is 0 Å². The first kappa shape index (κ1) is 18.0. The molecule has 1 atom stereocenters. The van der Waals surface area contributed by atoms with Crippen molar-refractivity contribution in [1.29, 1.82) is 0 Å². The Bertz CT molecular complexity index is 614. The number of likely N-dealkylation sites (N-methyl/N-ethyl adjacent to an activating group) is 1. The van der Waals surface area contributed by atoms with Crippen LogP contribution >= 0.6 is 0 Å². The predicted octanol–water partition coefficient (Wildman–Crippen LogP) is 2.83. The van der Waals surface area contributed by atoms with Crippen molar-refractivity contribution in [3.63, 3.8) is 0 Å². The van der Waals surface area contributed by atoms with Gasteiger partial charge in [-0.05, 0) is 39.7 Å². The lowest BCUT2D eigenvalue weighted by Gasteiger charge is -2.31. The molecular formula is C16H24N4O4. The van der Waals surface area contributed by atoms with Gasteiger partial charge in [-0.15, -0.1) is 0 Å². The van der Waals surface area contributed by atoms with Crippen molar-refractivity contribution < 1.29 is 14.5 Å². The molecule has 132 valence electrons. The first-order valence-corrected chi connectivity index (χ1v) is 7.99. The maximum Gasteiger partial charge on any atom is 0.410 e. The number of carbonyl (C=O) groups is 1. The molecule has 0 bridgehead atoms. The SMILES string of the molecule is CN(C[C@H]1CCCN1C(=O)OC(C)(C)C)c1ncccc1[N+](=O)[O-]. The lowest BCUT2D eigenvalue weighted by Crippen LogP contribution is -2.44. The summed E-state index contributed by atoms with van der Waals surface area (Å²) in [7, 11) is 1.75. The number of aromatic nitrogens is 1. The number of likely N-dealkylation sites (tertiary alicyclic amines) is 1. The lowest BCUT2D eigenvalue weighted by molar-refractivity contribution is -0.384. The molecule has 1 aliphatic rings. The molecule has 2 heterocycles. The fourth-order valence-electron chi connectivity index (χ4n) is 2.81. The van der Waals surface area contributed by atoms with Crippen molar-refractivity contribution in [3.8, 4) is 0 Å². The van der Waals surface area contributed by atoms with Gasteiger partial charge in [0.25, 0.3) is 0 Å². The molecule has 24 heavy (non-hydrogen) atoms. The van der Waals surface area contributed by atoms with Crippen molar-refractivity contribution in [2.45, 2.75) is 45.3 Å². The molecule has 1 saturated heterocycles. The van der Waals surface area contributed by atoms with Crippen LogP contribution in [-0.4, -0.2) is 52.7 Å². The zero-order valence-corrected chi connectivity index (χ0v) is 14.6.